The molecule has 7 nitrogen and oxygen atoms in total. The maximum atomic E-state index is 13.5. The quantitative estimate of drug-likeness (QED) is 0.448. The first-order valence-electron chi connectivity index (χ1n) is 11.0. The summed E-state index contributed by atoms with van der Waals surface area (Å²) in [7, 11) is 1.76. The Morgan fingerprint density at radius 1 is 1.18 bits per heavy atom. The van der Waals surface area contributed by atoms with E-state index in [0.717, 1.165) is 37.8 Å². The molecule has 0 radical (unpaired) electrons. The van der Waals surface area contributed by atoms with E-state index in [4.69, 9.17) is 27.9 Å². The normalized spacial score (nSPS) is 18.4. The van der Waals surface area contributed by atoms with Crippen LogP contribution in [0.4, 0.5) is 16.0 Å². The molecular formula is C23H26Cl2FN5O2. The number of carbonyl (C=O) groups is 1. The Hall–Kier alpha value is -2.58. The summed E-state index contributed by atoms with van der Waals surface area (Å²) in [6.07, 6.45) is 4.13. The van der Waals surface area contributed by atoms with Crippen LogP contribution in [0.25, 0.3) is 11.2 Å². The van der Waals surface area contributed by atoms with Gasteiger partial charge in [-0.2, -0.15) is 4.98 Å². The van der Waals surface area contributed by atoms with Crippen LogP contribution < -0.4 is 15.4 Å². The lowest BCUT2D eigenvalue weighted by atomic mass is 9.87. The second-order valence-electron chi connectivity index (χ2n) is 8.41. The van der Waals surface area contributed by atoms with Gasteiger partial charge in [0.1, 0.15) is 16.9 Å². The number of fused-ring (bicyclic) bond motifs is 1. The van der Waals surface area contributed by atoms with Gasteiger partial charge in [0.05, 0.1) is 22.3 Å². The largest absolute Gasteiger partial charge is 0.477 e. The van der Waals surface area contributed by atoms with E-state index in [1.165, 1.54) is 0 Å². The summed E-state index contributed by atoms with van der Waals surface area (Å²) in [5, 5.41) is 6.40. The number of nitrogens with zero attached hydrogens (tertiary/aromatic N) is 3. The molecule has 33 heavy (non-hydrogen) atoms. The number of hydrogen-bond donors (Lipinski definition) is 2. The maximum Gasteiger partial charge on any atom is 0.257 e. The highest BCUT2D eigenvalue weighted by Gasteiger charge is 2.24. The van der Waals surface area contributed by atoms with Crippen molar-refractivity contribution in [1.82, 2.24) is 19.9 Å². The van der Waals surface area contributed by atoms with Crippen LogP contribution in [0.5, 0.6) is 5.88 Å². The Morgan fingerprint density at radius 2 is 1.85 bits per heavy atom. The molecule has 0 unspecified atom stereocenters. The number of pyridine rings is 1. The fraction of sp³-hybridized carbons (Fsp3) is 0.435. The molecule has 0 bridgehead atoms. The molecule has 2 heterocycles. The Bertz CT molecular complexity index is 1170. The zero-order chi connectivity index (χ0) is 23.7. The van der Waals surface area contributed by atoms with E-state index in [-0.39, 0.29) is 27.9 Å². The number of aromatic nitrogens is 3. The molecule has 4 rings (SSSR count). The van der Waals surface area contributed by atoms with Crippen molar-refractivity contribution in [2.75, 3.05) is 11.9 Å². The lowest BCUT2D eigenvalue weighted by molar-refractivity contribution is 0.0918. The molecule has 1 saturated carbocycles. The number of rotatable bonds is 6. The van der Waals surface area contributed by atoms with Gasteiger partial charge in [-0.15, -0.1) is 0 Å². The van der Waals surface area contributed by atoms with Gasteiger partial charge in [-0.3, -0.25) is 9.36 Å². The number of ether oxygens (including phenoxy) is 1. The number of anilines is 2. The zero-order valence-corrected chi connectivity index (χ0v) is 20.2. The summed E-state index contributed by atoms with van der Waals surface area (Å²) in [6.45, 7) is 4.44. The van der Waals surface area contributed by atoms with Crippen molar-refractivity contribution in [3.8, 4) is 5.88 Å². The van der Waals surface area contributed by atoms with Crippen molar-refractivity contribution >= 4 is 51.9 Å². The summed E-state index contributed by atoms with van der Waals surface area (Å²) in [4.78, 5) is 22.2. The highest BCUT2D eigenvalue weighted by molar-refractivity contribution is 6.39. The topological polar surface area (TPSA) is 81.1 Å². The van der Waals surface area contributed by atoms with Crippen LogP contribution in [0.15, 0.2) is 18.2 Å². The van der Waals surface area contributed by atoms with Crippen molar-refractivity contribution in [2.45, 2.75) is 45.6 Å². The first-order valence-corrected chi connectivity index (χ1v) is 11.7. The molecule has 2 aromatic heterocycles. The van der Waals surface area contributed by atoms with E-state index < -0.39 is 5.82 Å². The van der Waals surface area contributed by atoms with Crippen LogP contribution >= 0.6 is 23.2 Å². The van der Waals surface area contributed by atoms with Crippen molar-refractivity contribution in [2.24, 2.45) is 13.0 Å². The molecule has 1 aromatic carbocycles. The summed E-state index contributed by atoms with van der Waals surface area (Å²) >= 11 is 12.3. The fourth-order valence-electron chi connectivity index (χ4n) is 4.06. The molecule has 0 saturated heterocycles. The number of amides is 1. The molecule has 1 aliphatic carbocycles. The fourth-order valence-corrected chi connectivity index (χ4v) is 4.61. The minimum Gasteiger partial charge on any atom is -0.477 e. The summed E-state index contributed by atoms with van der Waals surface area (Å²) in [5.74, 6) is 0.565. The molecular weight excluding hydrogens is 468 g/mol. The van der Waals surface area contributed by atoms with E-state index in [1.54, 1.807) is 17.7 Å². The monoisotopic (exact) mass is 493 g/mol. The van der Waals surface area contributed by atoms with E-state index in [1.807, 2.05) is 6.92 Å². The Morgan fingerprint density at radius 3 is 2.48 bits per heavy atom. The molecule has 10 heteroatoms. The van der Waals surface area contributed by atoms with Gasteiger partial charge in [-0.05, 0) is 56.7 Å². The van der Waals surface area contributed by atoms with Gasteiger partial charge in [-0.1, -0.05) is 30.1 Å². The third kappa shape index (κ3) is 5.01. The van der Waals surface area contributed by atoms with Crippen LogP contribution in [0.3, 0.4) is 0 Å². The number of benzene rings is 1. The summed E-state index contributed by atoms with van der Waals surface area (Å²) in [6, 6.07) is 4.15. The zero-order valence-electron chi connectivity index (χ0n) is 18.7. The molecule has 1 aliphatic rings. The SMILES string of the molecule is CCOc1nc2c(cc1C(=O)N[C@H]1CC[C@H](C)CC1)nc(Nc1c(Cl)cc(F)cc1Cl)n2C. The van der Waals surface area contributed by atoms with Crippen LogP contribution in [0, 0.1) is 11.7 Å². The molecule has 2 N–H and O–H groups in total. The third-order valence-corrected chi connectivity index (χ3v) is 6.53. The van der Waals surface area contributed by atoms with Crippen LogP contribution in [0.2, 0.25) is 10.0 Å². The van der Waals surface area contributed by atoms with Gasteiger partial charge in [0, 0.05) is 13.1 Å². The highest BCUT2D eigenvalue weighted by Crippen LogP contribution is 2.34. The van der Waals surface area contributed by atoms with Crippen LogP contribution in [-0.2, 0) is 7.05 Å². The molecule has 0 aliphatic heterocycles. The predicted molar refractivity (Wildman–Crippen MR) is 128 cm³/mol. The average Bonchev–Trinajstić information content (AvgIpc) is 3.06. The summed E-state index contributed by atoms with van der Waals surface area (Å²) < 4.78 is 20.9. The van der Waals surface area contributed by atoms with E-state index in [0.29, 0.717) is 40.9 Å². The van der Waals surface area contributed by atoms with Gasteiger partial charge in [0.15, 0.2) is 5.65 Å². The van der Waals surface area contributed by atoms with Crippen molar-refractivity contribution in [3.05, 3.63) is 39.6 Å². The van der Waals surface area contributed by atoms with Crippen LogP contribution in [0.1, 0.15) is 49.9 Å². The van der Waals surface area contributed by atoms with Crippen molar-refractivity contribution in [1.29, 1.82) is 0 Å². The number of hydrogen-bond acceptors (Lipinski definition) is 5. The van der Waals surface area contributed by atoms with E-state index >= 15 is 0 Å². The predicted octanol–water partition coefficient (Wildman–Crippen LogP) is 5.87. The number of nitrogens with one attached hydrogen (secondary N) is 2. The average molecular weight is 494 g/mol. The lowest BCUT2D eigenvalue weighted by Crippen LogP contribution is -2.37. The second-order valence-corrected chi connectivity index (χ2v) is 9.23. The first-order chi connectivity index (χ1) is 15.8. The van der Waals surface area contributed by atoms with Gasteiger partial charge in [0.2, 0.25) is 11.8 Å². The van der Waals surface area contributed by atoms with E-state index in [2.05, 4.69) is 27.5 Å². The maximum absolute atomic E-state index is 13.5. The van der Waals surface area contributed by atoms with Crippen molar-refractivity contribution < 1.29 is 13.9 Å². The first kappa shape index (κ1) is 23.6. The van der Waals surface area contributed by atoms with Crippen LogP contribution in [-0.4, -0.2) is 33.1 Å². The van der Waals surface area contributed by atoms with E-state index in [9.17, 15) is 9.18 Å². The number of imidazole rings is 1. The highest BCUT2D eigenvalue weighted by atomic mass is 35.5. The van der Waals surface area contributed by atoms with Gasteiger partial charge >= 0.3 is 0 Å². The molecule has 3 aromatic rings. The summed E-state index contributed by atoms with van der Waals surface area (Å²) in [5.41, 5.74) is 1.68. The van der Waals surface area contributed by atoms with Gasteiger partial charge in [0.25, 0.3) is 5.91 Å². The standard InChI is InChI=1S/C23H26Cl2FN5O2/c1-4-33-22-15(21(32)27-14-7-5-12(2)6-8-14)11-18-20(30-22)31(3)23(28-18)29-19-16(24)9-13(26)10-17(19)25/h9-12,14H,4-8H2,1-3H3,(H,27,32)(H,28,29)/t12-,14-. The minimum atomic E-state index is -0.536. The van der Waals surface area contributed by atoms with Crippen molar-refractivity contribution in [3.63, 3.8) is 0 Å². The van der Waals surface area contributed by atoms with Gasteiger partial charge < -0.3 is 15.4 Å². The van der Waals surface area contributed by atoms with Gasteiger partial charge in [-0.25, -0.2) is 9.37 Å². The number of carbonyl (C=O) groups excluding carboxylic acids is 1. The lowest BCUT2D eigenvalue weighted by Gasteiger charge is -2.27. The number of halogens is 3. The molecule has 176 valence electrons. The Balaban J connectivity index is 1.67. The third-order valence-electron chi connectivity index (χ3n) is 5.93. The molecule has 1 fully saturated rings. The molecule has 0 spiro atoms. The number of aryl methyl sites for hydroxylation is 1. The Kier molecular flexibility index (Phi) is 6.95. The molecule has 0 atom stereocenters. The smallest absolute Gasteiger partial charge is 0.257 e. The second kappa shape index (κ2) is 9.73. The minimum absolute atomic E-state index is 0.122. The molecule has 1 amide bonds. The Labute approximate surface area is 201 Å².